The Balaban J connectivity index is 2.87. The predicted octanol–water partition coefficient (Wildman–Crippen LogP) is 0.266. The molecule has 0 fully saturated rings. The van der Waals surface area contributed by atoms with E-state index in [1.807, 2.05) is 18.7 Å². The Kier molecular flexibility index (Phi) is 3.64. The average Bonchev–Trinajstić information content (AvgIpc) is 2.13. The number of hydrogen-bond acceptors (Lipinski definition) is 5. The summed E-state index contributed by atoms with van der Waals surface area (Å²) in [5, 5.41) is 8.90. The highest BCUT2D eigenvalue weighted by atomic mass is 16.3. The summed E-state index contributed by atoms with van der Waals surface area (Å²) >= 11 is 0. The van der Waals surface area contributed by atoms with Crippen LogP contribution in [-0.4, -0.2) is 34.3 Å². The normalized spacial score (nSPS) is 10.6. The van der Waals surface area contributed by atoms with Gasteiger partial charge in [0, 0.05) is 18.7 Å². The van der Waals surface area contributed by atoms with Crippen LogP contribution in [-0.2, 0) is 0 Å². The largest absolute Gasteiger partial charge is 0.395 e. The molecular formula is C9H16N4O. The number of aliphatic hydroxyl groups is 1. The molecule has 0 aliphatic rings. The van der Waals surface area contributed by atoms with Crippen molar-refractivity contribution in [3.8, 4) is 0 Å². The van der Waals surface area contributed by atoms with Crippen LogP contribution < -0.4 is 10.6 Å². The van der Waals surface area contributed by atoms with E-state index in [1.54, 1.807) is 6.07 Å². The number of nitrogen functional groups attached to an aromatic ring is 1. The molecule has 0 amide bonds. The molecule has 0 atom stereocenters. The third-order valence-electron chi connectivity index (χ3n) is 1.93. The summed E-state index contributed by atoms with van der Waals surface area (Å²) in [6, 6.07) is 1.98. The first kappa shape index (κ1) is 10.7. The lowest BCUT2D eigenvalue weighted by molar-refractivity contribution is 0.298. The summed E-state index contributed by atoms with van der Waals surface area (Å²) in [6.45, 7) is 4.72. The number of anilines is 2. The van der Waals surface area contributed by atoms with Gasteiger partial charge in [0.05, 0.1) is 6.61 Å². The van der Waals surface area contributed by atoms with E-state index in [4.69, 9.17) is 10.8 Å². The van der Waals surface area contributed by atoms with E-state index in [2.05, 4.69) is 9.97 Å². The monoisotopic (exact) mass is 196 g/mol. The van der Waals surface area contributed by atoms with E-state index in [0.29, 0.717) is 12.4 Å². The molecule has 3 N–H and O–H groups in total. The van der Waals surface area contributed by atoms with Crippen molar-refractivity contribution >= 4 is 11.6 Å². The number of rotatable bonds is 4. The van der Waals surface area contributed by atoms with Crippen molar-refractivity contribution in [2.75, 3.05) is 23.8 Å². The van der Waals surface area contributed by atoms with Gasteiger partial charge in [0.25, 0.3) is 0 Å². The molecule has 0 saturated carbocycles. The summed E-state index contributed by atoms with van der Waals surface area (Å²) in [4.78, 5) is 9.89. The topological polar surface area (TPSA) is 75.3 Å². The Bertz CT molecular complexity index is 290. The zero-order chi connectivity index (χ0) is 10.6. The van der Waals surface area contributed by atoms with Crippen LogP contribution in [0.25, 0.3) is 0 Å². The molecule has 0 aromatic carbocycles. The molecule has 78 valence electrons. The van der Waals surface area contributed by atoms with E-state index < -0.39 is 0 Å². The summed E-state index contributed by atoms with van der Waals surface area (Å²) in [5.74, 6) is 1.19. The van der Waals surface area contributed by atoms with Crippen LogP contribution in [0.2, 0.25) is 0 Å². The zero-order valence-corrected chi connectivity index (χ0v) is 8.51. The number of aliphatic hydroxyl groups excluding tert-OH is 1. The fraction of sp³-hybridized carbons (Fsp3) is 0.556. The number of nitrogens with two attached hydrogens (primary N) is 1. The Morgan fingerprint density at radius 3 is 2.71 bits per heavy atom. The number of nitrogens with zero attached hydrogens (tertiary/aromatic N) is 3. The minimum absolute atomic E-state index is 0.0993. The van der Waals surface area contributed by atoms with Crippen LogP contribution in [0.5, 0.6) is 0 Å². The predicted molar refractivity (Wildman–Crippen MR) is 56.0 cm³/mol. The molecule has 0 aliphatic carbocycles. The Labute approximate surface area is 83.6 Å². The van der Waals surface area contributed by atoms with Crippen LogP contribution >= 0.6 is 0 Å². The molecule has 1 aromatic rings. The Hall–Kier alpha value is -1.36. The quantitative estimate of drug-likeness (QED) is 0.722. The maximum atomic E-state index is 8.90. The van der Waals surface area contributed by atoms with Gasteiger partial charge in [-0.3, -0.25) is 0 Å². The lowest BCUT2D eigenvalue weighted by atomic mass is 10.3. The van der Waals surface area contributed by atoms with E-state index in [0.717, 1.165) is 5.82 Å². The van der Waals surface area contributed by atoms with Gasteiger partial charge in [0.15, 0.2) is 0 Å². The first-order valence-corrected chi connectivity index (χ1v) is 4.60. The van der Waals surface area contributed by atoms with Crippen molar-refractivity contribution in [1.29, 1.82) is 0 Å². The first-order valence-electron chi connectivity index (χ1n) is 4.60. The maximum absolute atomic E-state index is 8.90. The van der Waals surface area contributed by atoms with Gasteiger partial charge in [-0.05, 0) is 13.8 Å². The first-order chi connectivity index (χ1) is 6.65. The fourth-order valence-corrected chi connectivity index (χ4v) is 1.26. The molecule has 0 spiro atoms. The maximum Gasteiger partial charge on any atom is 0.134 e. The minimum atomic E-state index is 0.0993. The average molecular weight is 196 g/mol. The highest BCUT2D eigenvalue weighted by Crippen LogP contribution is 2.14. The highest BCUT2D eigenvalue weighted by molar-refractivity contribution is 5.46. The van der Waals surface area contributed by atoms with E-state index in [1.165, 1.54) is 6.33 Å². The lowest BCUT2D eigenvalue weighted by Gasteiger charge is -2.26. The second-order valence-corrected chi connectivity index (χ2v) is 3.31. The van der Waals surface area contributed by atoms with Crippen LogP contribution in [0.4, 0.5) is 11.6 Å². The van der Waals surface area contributed by atoms with Crippen molar-refractivity contribution in [3.05, 3.63) is 12.4 Å². The summed E-state index contributed by atoms with van der Waals surface area (Å²) in [7, 11) is 0. The highest BCUT2D eigenvalue weighted by Gasteiger charge is 2.11. The van der Waals surface area contributed by atoms with E-state index >= 15 is 0 Å². The van der Waals surface area contributed by atoms with Crippen molar-refractivity contribution in [2.24, 2.45) is 0 Å². The second kappa shape index (κ2) is 4.76. The smallest absolute Gasteiger partial charge is 0.134 e. The molecular weight excluding hydrogens is 180 g/mol. The van der Waals surface area contributed by atoms with Gasteiger partial charge in [0.1, 0.15) is 18.0 Å². The fourth-order valence-electron chi connectivity index (χ4n) is 1.26. The van der Waals surface area contributed by atoms with Gasteiger partial charge in [-0.25, -0.2) is 9.97 Å². The van der Waals surface area contributed by atoms with Crippen LogP contribution in [0.1, 0.15) is 13.8 Å². The Morgan fingerprint density at radius 2 is 2.21 bits per heavy atom. The van der Waals surface area contributed by atoms with Crippen molar-refractivity contribution < 1.29 is 5.11 Å². The molecule has 1 heterocycles. The van der Waals surface area contributed by atoms with Gasteiger partial charge in [-0.2, -0.15) is 0 Å². The molecule has 1 rings (SSSR count). The van der Waals surface area contributed by atoms with Crippen LogP contribution in [0.15, 0.2) is 12.4 Å². The molecule has 0 aliphatic heterocycles. The minimum Gasteiger partial charge on any atom is -0.395 e. The molecule has 5 nitrogen and oxygen atoms in total. The Morgan fingerprint density at radius 1 is 1.50 bits per heavy atom. The van der Waals surface area contributed by atoms with E-state index in [-0.39, 0.29) is 12.6 Å². The number of hydrogen-bond donors (Lipinski definition) is 2. The molecule has 0 bridgehead atoms. The lowest BCUT2D eigenvalue weighted by Crippen LogP contribution is -2.34. The zero-order valence-electron chi connectivity index (χ0n) is 8.51. The van der Waals surface area contributed by atoms with Gasteiger partial charge in [-0.15, -0.1) is 0 Å². The van der Waals surface area contributed by atoms with Gasteiger partial charge in [0.2, 0.25) is 0 Å². The summed E-state index contributed by atoms with van der Waals surface area (Å²) in [5.41, 5.74) is 5.55. The molecule has 0 unspecified atom stereocenters. The third kappa shape index (κ3) is 2.56. The molecule has 5 heteroatoms. The van der Waals surface area contributed by atoms with Gasteiger partial charge >= 0.3 is 0 Å². The number of aromatic nitrogens is 2. The SMILES string of the molecule is CC(C)N(CCO)c1cc(N)ncn1. The summed E-state index contributed by atoms with van der Waals surface area (Å²) in [6.07, 6.45) is 1.43. The van der Waals surface area contributed by atoms with Crippen molar-refractivity contribution in [3.63, 3.8) is 0 Å². The van der Waals surface area contributed by atoms with Crippen molar-refractivity contribution in [1.82, 2.24) is 9.97 Å². The van der Waals surface area contributed by atoms with E-state index in [9.17, 15) is 0 Å². The summed E-state index contributed by atoms with van der Waals surface area (Å²) < 4.78 is 0. The van der Waals surface area contributed by atoms with Crippen LogP contribution in [0.3, 0.4) is 0 Å². The van der Waals surface area contributed by atoms with Gasteiger partial charge < -0.3 is 15.7 Å². The third-order valence-corrected chi connectivity index (χ3v) is 1.93. The van der Waals surface area contributed by atoms with Crippen molar-refractivity contribution in [2.45, 2.75) is 19.9 Å². The second-order valence-electron chi connectivity index (χ2n) is 3.31. The molecule has 14 heavy (non-hydrogen) atoms. The molecule has 0 radical (unpaired) electrons. The standard InChI is InChI=1S/C9H16N4O/c1-7(2)13(3-4-14)9-5-8(10)11-6-12-9/h5-7,14H,3-4H2,1-2H3,(H2,10,11,12). The molecule has 0 saturated heterocycles. The van der Waals surface area contributed by atoms with Crippen LogP contribution in [0, 0.1) is 0 Å². The van der Waals surface area contributed by atoms with Gasteiger partial charge in [-0.1, -0.05) is 0 Å². The molecule has 1 aromatic heterocycles.